The number of carbonyl (C=O) groups excluding carboxylic acids is 5. The maximum absolute atomic E-state index is 14.2. The highest BCUT2D eigenvalue weighted by atomic mass is 19.1. The number of nitrogens with one attached hydrogen (secondary N) is 3. The van der Waals surface area contributed by atoms with E-state index in [0.717, 1.165) is 12.3 Å². The minimum Gasteiger partial charge on any atom is -0.493 e. The van der Waals surface area contributed by atoms with Crippen molar-refractivity contribution in [2.45, 2.75) is 0 Å². The average Bonchev–Trinajstić information content (AvgIpc) is 2.99. The minimum atomic E-state index is -1.60. The van der Waals surface area contributed by atoms with Gasteiger partial charge in [-0.2, -0.15) is 5.10 Å². The molecule has 1 aliphatic heterocycles. The van der Waals surface area contributed by atoms with Gasteiger partial charge in [0.05, 0.1) is 27.0 Å². The Morgan fingerprint density at radius 3 is 2.14 bits per heavy atom. The van der Waals surface area contributed by atoms with Crippen LogP contribution < -0.4 is 35.2 Å². The molecule has 0 radical (unpaired) electrons. The standard InChI is InChI=1S/C28H24FN5O8/c1-40-21-12-16(13-22(41-2)23(21)42-3)24(35)31-17-10-8-15(9-11-17)25(36)33-30-14-18-26(37)32-28(39)34(27(18)38)20-7-5-4-6-19(20)29/h4-14,18H,1-3H3,(H,31,35)(H,33,36)(H,32,37,39)/b30-14-/t18-/m1/s1. The van der Waals surface area contributed by atoms with Gasteiger partial charge in [-0.15, -0.1) is 0 Å². The number of benzene rings is 3. The molecule has 0 aromatic heterocycles. The second kappa shape index (κ2) is 12.6. The molecule has 0 saturated carbocycles. The summed E-state index contributed by atoms with van der Waals surface area (Å²) in [6.07, 6.45) is 0.835. The van der Waals surface area contributed by atoms with Crippen LogP contribution >= 0.6 is 0 Å². The SMILES string of the molecule is COc1cc(C(=O)Nc2ccc(C(=O)N/N=C\[C@@H]3C(=O)NC(=O)N(c4ccccc4F)C3=O)cc2)cc(OC)c1OC. The Labute approximate surface area is 238 Å². The Morgan fingerprint density at radius 1 is 0.905 bits per heavy atom. The van der Waals surface area contributed by atoms with Gasteiger partial charge in [0.25, 0.3) is 17.7 Å². The summed E-state index contributed by atoms with van der Waals surface area (Å²) in [5, 5.41) is 8.32. The summed E-state index contributed by atoms with van der Waals surface area (Å²) >= 11 is 0. The quantitative estimate of drug-likeness (QED) is 0.198. The first-order chi connectivity index (χ1) is 20.2. The highest BCUT2D eigenvalue weighted by Gasteiger charge is 2.41. The van der Waals surface area contributed by atoms with E-state index in [1.165, 1.54) is 75.9 Å². The van der Waals surface area contributed by atoms with Crippen molar-refractivity contribution in [3.63, 3.8) is 0 Å². The van der Waals surface area contributed by atoms with Gasteiger partial charge < -0.3 is 19.5 Å². The molecule has 3 aromatic rings. The van der Waals surface area contributed by atoms with E-state index in [2.05, 4.69) is 15.8 Å². The Hall–Kier alpha value is -5.79. The van der Waals surface area contributed by atoms with E-state index in [9.17, 15) is 28.4 Å². The molecular weight excluding hydrogens is 553 g/mol. The highest BCUT2D eigenvalue weighted by Crippen LogP contribution is 2.38. The lowest BCUT2D eigenvalue weighted by Crippen LogP contribution is -2.59. The molecule has 1 fully saturated rings. The monoisotopic (exact) mass is 577 g/mol. The van der Waals surface area contributed by atoms with Crippen molar-refractivity contribution in [3.8, 4) is 17.2 Å². The number of methoxy groups -OCH3 is 3. The molecule has 13 nitrogen and oxygen atoms in total. The van der Waals surface area contributed by atoms with Gasteiger partial charge in [-0.1, -0.05) is 12.1 Å². The van der Waals surface area contributed by atoms with Gasteiger partial charge in [0, 0.05) is 23.0 Å². The van der Waals surface area contributed by atoms with E-state index >= 15 is 0 Å². The Kier molecular flexibility index (Phi) is 8.75. The van der Waals surface area contributed by atoms with E-state index in [1.54, 1.807) is 0 Å². The summed E-state index contributed by atoms with van der Waals surface area (Å²) in [4.78, 5) is 63.0. The van der Waals surface area contributed by atoms with Gasteiger partial charge >= 0.3 is 6.03 Å². The van der Waals surface area contributed by atoms with E-state index in [0.29, 0.717) is 27.8 Å². The summed E-state index contributed by atoms with van der Waals surface area (Å²) < 4.78 is 30.0. The molecule has 0 aliphatic carbocycles. The predicted octanol–water partition coefficient (Wildman–Crippen LogP) is 2.72. The first kappa shape index (κ1) is 29.2. The topological polar surface area (TPSA) is 165 Å². The zero-order valence-electron chi connectivity index (χ0n) is 22.5. The van der Waals surface area contributed by atoms with E-state index in [-0.39, 0.29) is 16.8 Å². The number of carbonyl (C=O) groups is 5. The van der Waals surface area contributed by atoms with Crippen molar-refractivity contribution in [2.75, 3.05) is 31.5 Å². The molecule has 0 unspecified atom stereocenters. The van der Waals surface area contributed by atoms with Crippen LogP contribution in [0.25, 0.3) is 0 Å². The number of hydrazone groups is 1. The molecule has 3 aromatic carbocycles. The molecule has 0 spiro atoms. The Balaban J connectivity index is 1.40. The fourth-order valence-corrected chi connectivity index (χ4v) is 3.94. The van der Waals surface area contributed by atoms with Crippen LogP contribution in [0, 0.1) is 11.7 Å². The number of anilines is 2. The summed E-state index contributed by atoms with van der Waals surface area (Å²) in [5.74, 6) is -4.71. The number of ether oxygens (including phenoxy) is 3. The first-order valence-corrected chi connectivity index (χ1v) is 12.2. The Bertz CT molecular complexity index is 1570. The van der Waals surface area contributed by atoms with Crippen LogP contribution in [0.5, 0.6) is 17.2 Å². The third kappa shape index (κ3) is 6.01. The zero-order valence-corrected chi connectivity index (χ0v) is 22.5. The third-order valence-electron chi connectivity index (χ3n) is 6.02. The number of para-hydroxylation sites is 1. The maximum atomic E-state index is 14.2. The summed E-state index contributed by atoms with van der Waals surface area (Å²) in [6, 6.07) is 12.7. The van der Waals surface area contributed by atoms with Crippen LogP contribution in [0.15, 0.2) is 65.8 Å². The maximum Gasteiger partial charge on any atom is 0.335 e. The van der Waals surface area contributed by atoms with Gasteiger partial charge in [0.1, 0.15) is 5.82 Å². The van der Waals surface area contributed by atoms with Crippen LogP contribution in [0.1, 0.15) is 20.7 Å². The van der Waals surface area contributed by atoms with Gasteiger partial charge in [-0.25, -0.2) is 19.5 Å². The molecule has 4 rings (SSSR count). The van der Waals surface area contributed by atoms with Crippen molar-refractivity contribution in [1.82, 2.24) is 10.7 Å². The summed E-state index contributed by atoms with van der Waals surface area (Å²) in [5.41, 5.74) is 2.58. The summed E-state index contributed by atoms with van der Waals surface area (Å²) in [6.45, 7) is 0. The largest absolute Gasteiger partial charge is 0.493 e. The molecule has 14 heteroatoms. The molecule has 3 N–H and O–H groups in total. The van der Waals surface area contributed by atoms with Crippen molar-refractivity contribution in [2.24, 2.45) is 11.0 Å². The molecule has 1 aliphatic rings. The van der Waals surface area contributed by atoms with Gasteiger partial charge in [-0.05, 0) is 48.5 Å². The second-order valence-electron chi connectivity index (χ2n) is 8.56. The minimum absolute atomic E-state index is 0.139. The van der Waals surface area contributed by atoms with Gasteiger partial charge in [0.2, 0.25) is 11.7 Å². The predicted molar refractivity (Wildman–Crippen MR) is 147 cm³/mol. The molecular formula is C28H24FN5O8. The molecule has 216 valence electrons. The lowest BCUT2D eigenvalue weighted by Gasteiger charge is -2.28. The molecule has 1 atom stereocenters. The van der Waals surface area contributed by atoms with Crippen LogP contribution in [0.4, 0.5) is 20.6 Å². The van der Waals surface area contributed by atoms with Crippen molar-refractivity contribution < 1.29 is 42.6 Å². The Morgan fingerprint density at radius 2 is 1.55 bits per heavy atom. The number of hydrogen-bond acceptors (Lipinski definition) is 9. The number of barbiturate groups is 1. The second-order valence-corrected chi connectivity index (χ2v) is 8.56. The highest BCUT2D eigenvalue weighted by molar-refractivity contribution is 6.32. The molecule has 42 heavy (non-hydrogen) atoms. The number of hydrogen-bond donors (Lipinski definition) is 3. The number of imide groups is 2. The zero-order chi connectivity index (χ0) is 30.4. The van der Waals surface area contributed by atoms with Crippen LogP contribution in [-0.4, -0.2) is 57.2 Å². The molecule has 1 saturated heterocycles. The number of urea groups is 1. The van der Waals surface area contributed by atoms with Crippen LogP contribution in [0.3, 0.4) is 0 Å². The van der Waals surface area contributed by atoms with Gasteiger partial charge in [-0.3, -0.25) is 24.5 Å². The van der Waals surface area contributed by atoms with Crippen LogP contribution in [0.2, 0.25) is 0 Å². The molecule has 6 amide bonds. The van der Waals surface area contributed by atoms with Crippen LogP contribution in [-0.2, 0) is 9.59 Å². The fourth-order valence-electron chi connectivity index (χ4n) is 3.94. The summed E-state index contributed by atoms with van der Waals surface area (Å²) in [7, 11) is 4.30. The van der Waals surface area contributed by atoms with E-state index in [4.69, 9.17) is 14.2 Å². The smallest absolute Gasteiger partial charge is 0.335 e. The number of rotatable bonds is 9. The van der Waals surface area contributed by atoms with Gasteiger partial charge in [0.15, 0.2) is 17.4 Å². The normalized spacial score (nSPS) is 14.8. The fraction of sp³-hybridized carbons (Fsp3) is 0.143. The number of amides is 6. The average molecular weight is 578 g/mol. The molecule has 1 heterocycles. The number of halogens is 1. The first-order valence-electron chi connectivity index (χ1n) is 12.2. The lowest BCUT2D eigenvalue weighted by atomic mass is 10.1. The van der Waals surface area contributed by atoms with Crippen molar-refractivity contribution >= 4 is 47.2 Å². The van der Waals surface area contributed by atoms with E-state index < -0.39 is 41.4 Å². The lowest BCUT2D eigenvalue weighted by molar-refractivity contribution is -0.131. The van der Waals surface area contributed by atoms with E-state index in [1.807, 2.05) is 5.32 Å². The third-order valence-corrected chi connectivity index (χ3v) is 6.02. The van der Waals surface area contributed by atoms with Crippen molar-refractivity contribution in [1.29, 1.82) is 0 Å². The number of nitrogens with zero attached hydrogens (tertiary/aromatic N) is 2. The van der Waals surface area contributed by atoms with Crippen molar-refractivity contribution in [3.05, 3.63) is 77.6 Å². The molecule has 0 bridgehead atoms.